The van der Waals surface area contributed by atoms with Crippen molar-refractivity contribution in [2.45, 2.75) is 26.3 Å². The van der Waals surface area contributed by atoms with Crippen molar-refractivity contribution in [3.8, 4) is 17.2 Å². The number of carbonyl (C=O) groups is 1. The summed E-state index contributed by atoms with van der Waals surface area (Å²) >= 11 is 0. The number of carbonyl (C=O) groups excluding carboxylic acids is 1. The van der Waals surface area contributed by atoms with Gasteiger partial charge in [0.05, 0.1) is 38.3 Å². The molecule has 2 heterocycles. The van der Waals surface area contributed by atoms with Crippen LogP contribution in [-0.2, 0) is 0 Å². The van der Waals surface area contributed by atoms with Crippen LogP contribution in [0.25, 0.3) is 11.0 Å². The Labute approximate surface area is 180 Å². The molecule has 1 aromatic heterocycles. The molecule has 0 fully saturated rings. The standard InChI is InChI=1S/C24H25NO6/c1-6-9-25-20(14-11-17(28-3)22(30-5)18(12-14)29-4)19-21(26)15-10-13(2)7-8-16(15)31-23(19)24(25)27/h7-8,10-12,20H,6,9H2,1-5H3. The van der Waals surface area contributed by atoms with Crippen LogP contribution in [0.5, 0.6) is 17.2 Å². The summed E-state index contributed by atoms with van der Waals surface area (Å²) < 4.78 is 22.4. The van der Waals surface area contributed by atoms with Crippen LogP contribution in [-0.4, -0.2) is 38.7 Å². The molecule has 0 bridgehead atoms. The van der Waals surface area contributed by atoms with Crippen molar-refractivity contribution in [3.63, 3.8) is 0 Å². The van der Waals surface area contributed by atoms with E-state index in [1.807, 2.05) is 19.9 Å². The van der Waals surface area contributed by atoms with Crippen LogP contribution in [0, 0.1) is 6.92 Å². The number of hydrogen-bond acceptors (Lipinski definition) is 6. The average molecular weight is 423 g/mol. The van der Waals surface area contributed by atoms with E-state index in [9.17, 15) is 9.59 Å². The lowest BCUT2D eigenvalue weighted by molar-refractivity contribution is 0.0727. The molecule has 3 aromatic rings. The number of amides is 1. The van der Waals surface area contributed by atoms with Gasteiger partial charge in [0.15, 0.2) is 16.9 Å². The van der Waals surface area contributed by atoms with Gasteiger partial charge in [-0.3, -0.25) is 9.59 Å². The Hall–Kier alpha value is -3.48. The van der Waals surface area contributed by atoms with Gasteiger partial charge in [-0.25, -0.2) is 0 Å². The largest absolute Gasteiger partial charge is 0.493 e. The number of ether oxygens (including phenoxy) is 3. The van der Waals surface area contributed by atoms with Gasteiger partial charge >= 0.3 is 0 Å². The summed E-state index contributed by atoms with van der Waals surface area (Å²) in [7, 11) is 4.59. The van der Waals surface area contributed by atoms with Crippen molar-refractivity contribution < 1.29 is 23.4 Å². The molecule has 1 aliphatic heterocycles. The molecule has 1 atom stereocenters. The third-order valence-electron chi connectivity index (χ3n) is 5.59. The van der Waals surface area contributed by atoms with E-state index in [1.54, 1.807) is 29.2 Å². The summed E-state index contributed by atoms with van der Waals surface area (Å²) in [6, 6.07) is 8.32. The Balaban J connectivity index is 2.02. The minimum absolute atomic E-state index is 0.0913. The smallest absolute Gasteiger partial charge is 0.290 e. The quantitative estimate of drug-likeness (QED) is 0.594. The lowest BCUT2D eigenvalue weighted by Gasteiger charge is -2.26. The van der Waals surface area contributed by atoms with E-state index < -0.39 is 6.04 Å². The predicted molar refractivity (Wildman–Crippen MR) is 116 cm³/mol. The third kappa shape index (κ3) is 3.21. The highest BCUT2D eigenvalue weighted by atomic mass is 16.5. The molecule has 7 nitrogen and oxygen atoms in total. The topological polar surface area (TPSA) is 78.2 Å². The molecule has 0 radical (unpaired) electrons. The summed E-state index contributed by atoms with van der Waals surface area (Å²) in [5.41, 5.74) is 2.18. The van der Waals surface area contributed by atoms with E-state index in [0.717, 1.165) is 12.0 Å². The molecule has 162 valence electrons. The van der Waals surface area contributed by atoms with Gasteiger partial charge in [0.2, 0.25) is 11.5 Å². The molecule has 1 aliphatic rings. The average Bonchev–Trinajstić information content (AvgIpc) is 3.05. The first kappa shape index (κ1) is 20.8. The molecule has 0 saturated carbocycles. The van der Waals surface area contributed by atoms with Crippen molar-refractivity contribution in [2.75, 3.05) is 27.9 Å². The van der Waals surface area contributed by atoms with Gasteiger partial charge in [-0.05, 0) is 43.2 Å². The Bertz CT molecular complexity index is 1200. The molecular formula is C24H25NO6. The predicted octanol–water partition coefficient (Wildman–Crippen LogP) is 4.08. The van der Waals surface area contributed by atoms with E-state index in [1.165, 1.54) is 21.3 Å². The zero-order valence-corrected chi connectivity index (χ0v) is 18.3. The van der Waals surface area contributed by atoms with Gasteiger partial charge in [0.1, 0.15) is 5.58 Å². The van der Waals surface area contributed by atoms with Gasteiger partial charge in [0.25, 0.3) is 5.91 Å². The molecule has 1 amide bonds. The van der Waals surface area contributed by atoms with E-state index in [0.29, 0.717) is 45.9 Å². The van der Waals surface area contributed by atoms with Crippen LogP contribution in [0.4, 0.5) is 0 Å². The van der Waals surface area contributed by atoms with Gasteiger partial charge in [-0.1, -0.05) is 18.6 Å². The molecule has 2 aromatic carbocycles. The van der Waals surface area contributed by atoms with Crippen LogP contribution in [0.15, 0.2) is 39.5 Å². The number of aryl methyl sites for hydroxylation is 1. The third-order valence-corrected chi connectivity index (χ3v) is 5.59. The van der Waals surface area contributed by atoms with Crippen LogP contribution < -0.4 is 19.6 Å². The highest BCUT2D eigenvalue weighted by molar-refractivity contribution is 5.99. The zero-order valence-electron chi connectivity index (χ0n) is 18.3. The number of fused-ring (bicyclic) bond motifs is 2. The Kier molecular flexibility index (Phi) is 5.35. The minimum atomic E-state index is -0.614. The molecule has 4 rings (SSSR count). The van der Waals surface area contributed by atoms with Crippen LogP contribution in [0.1, 0.15) is 46.6 Å². The van der Waals surface area contributed by atoms with Crippen molar-refractivity contribution >= 4 is 16.9 Å². The number of rotatable bonds is 6. The van der Waals surface area contributed by atoms with E-state index >= 15 is 0 Å². The molecule has 1 unspecified atom stereocenters. The van der Waals surface area contributed by atoms with Gasteiger partial charge in [-0.15, -0.1) is 0 Å². The van der Waals surface area contributed by atoms with E-state index in [-0.39, 0.29) is 17.1 Å². The van der Waals surface area contributed by atoms with Crippen molar-refractivity contribution in [2.24, 2.45) is 0 Å². The number of benzene rings is 2. The molecule has 0 N–H and O–H groups in total. The maximum absolute atomic E-state index is 13.6. The Morgan fingerprint density at radius 2 is 1.68 bits per heavy atom. The lowest BCUT2D eigenvalue weighted by atomic mass is 9.97. The lowest BCUT2D eigenvalue weighted by Crippen LogP contribution is -2.30. The summed E-state index contributed by atoms with van der Waals surface area (Å²) in [6.07, 6.45) is 0.730. The summed E-state index contributed by atoms with van der Waals surface area (Å²) in [4.78, 5) is 28.5. The fourth-order valence-electron chi connectivity index (χ4n) is 4.21. The number of nitrogens with zero attached hydrogens (tertiary/aromatic N) is 1. The molecule has 0 aliphatic carbocycles. The monoisotopic (exact) mass is 423 g/mol. The van der Waals surface area contributed by atoms with Crippen molar-refractivity contribution in [1.29, 1.82) is 0 Å². The first-order chi connectivity index (χ1) is 14.9. The van der Waals surface area contributed by atoms with Gasteiger partial charge < -0.3 is 23.5 Å². The second kappa shape index (κ2) is 7.98. The first-order valence-electron chi connectivity index (χ1n) is 10.1. The Morgan fingerprint density at radius 3 is 2.26 bits per heavy atom. The Morgan fingerprint density at radius 1 is 1.00 bits per heavy atom. The fourth-order valence-corrected chi connectivity index (χ4v) is 4.21. The van der Waals surface area contributed by atoms with Gasteiger partial charge in [0, 0.05) is 6.54 Å². The maximum Gasteiger partial charge on any atom is 0.290 e. The number of methoxy groups -OCH3 is 3. The minimum Gasteiger partial charge on any atom is -0.493 e. The van der Waals surface area contributed by atoms with E-state index in [2.05, 4.69) is 0 Å². The maximum atomic E-state index is 13.6. The molecule has 0 saturated heterocycles. The first-order valence-corrected chi connectivity index (χ1v) is 10.1. The van der Waals surface area contributed by atoms with Crippen LogP contribution in [0.2, 0.25) is 0 Å². The zero-order chi connectivity index (χ0) is 22.3. The molecule has 7 heteroatoms. The number of hydrogen-bond donors (Lipinski definition) is 0. The van der Waals surface area contributed by atoms with Crippen LogP contribution in [0.3, 0.4) is 0 Å². The highest BCUT2D eigenvalue weighted by Crippen LogP contribution is 2.45. The molecule has 31 heavy (non-hydrogen) atoms. The summed E-state index contributed by atoms with van der Waals surface area (Å²) in [5.74, 6) is 1.15. The summed E-state index contributed by atoms with van der Waals surface area (Å²) in [6.45, 7) is 4.37. The van der Waals surface area contributed by atoms with Gasteiger partial charge in [-0.2, -0.15) is 0 Å². The normalized spacial score (nSPS) is 15.3. The van der Waals surface area contributed by atoms with Crippen molar-refractivity contribution in [3.05, 3.63) is 63.0 Å². The fraction of sp³-hybridized carbons (Fsp3) is 0.333. The SMILES string of the molecule is CCCN1C(=O)c2oc3ccc(C)cc3c(=O)c2C1c1cc(OC)c(OC)c(OC)c1. The second-order valence-corrected chi connectivity index (χ2v) is 7.53. The van der Waals surface area contributed by atoms with Crippen molar-refractivity contribution in [1.82, 2.24) is 4.90 Å². The highest BCUT2D eigenvalue weighted by Gasteiger charge is 2.43. The molecular weight excluding hydrogens is 398 g/mol. The molecule has 0 spiro atoms. The summed E-state index contributed by atoms with van der Waals surface area (Å²) in [5, 5.41) is 0.461. The van der Waals surface area contributed by atoms with Crippen LogP contribution >= 0.6 is 0 Å². The second-order valence-electron chi connectivity index (χ2n) is 7.53. The van der Waals surface area contributed by atoms with E-state index in [4.69, 9.17) is 18.6 Å².